The second-order valence-electron chi connectivity index (χ2n) is 3.74. The lowest BCUT2D eigenvalue weighted by atomic mass is 10.0. The van der Waals surface area contributed by atoms with E-state index in [1.54, 1.807) is 13.3 Å². The van der Waals surface area contributed by atoms with Gasteiger partial charge in [0.25, 0.3) is 0 Å². The summed E-state index contributed by atoms with van der Waals surface area (Å²) in [6, 6.07) is 12.4. The summed E-state index contributed by atoms with van der Waals surface area (Å²) < 4.78 is 5.27. The molecule has 0 aliphatic heterocycles. The van der Waals surface area contributed by atoms with E-state index in [1.165, 1.54) is 11.1 Å². The number of hydrogen-bond acceptors (Lipinski definition) is 2. The Balaban J connectivity index is 0.000000771. The maximum Gasteiger partial charge on any atom is 0.0793 e. The van der Waals surface area contributed by atoms with Gasteiger partial charge in [0.15, 0.2) is 0 Å². The molecule has 0 aliphatic carbocycles. The minimum atomic E-state index is 0.142. The van der Waals surface area contributed by atoms with Crippen LogP contribution in [0.25, 0.3) is 11.1 Å². The molecule has 0 amide bonds. The third-order valence-corrected chi connectivity index (χ3v) is 2.73. The maximum absolute atomic E-state index is 5.27. The van der Waals surface area contributed by atoms with Crippen LogP contribution in [-0.2, 0) is 4.74 Å². The summed E-state index contributed by atoms with van der Waals surface area (Å²) in [4.78, 5) is 4.11. The number of benzene rings is 1. The Kier molecular flexibility index (Phi) is 6.09. The van der Waals surface area contributed by atoms with Crippen LogP contribution < -0.4 is 0 Å². The first-order valence-electron chi connectivity index (χ1n) is 6.34. The molecule has 0 saturated carbocycles. The Hall–Kier alpha value is -1.67. The van der Waals surface area contributed by atoms with E-state index in [2.05, 4.69) is 35.3 Å². The third kappa shape index (κ3) is 3.67. The molecular formula is C16H21NO. The lowest BCUT2D eigenvalue weighted by Crippen LogP contribution is -1.94. The average Bonchev–Trinajstić information content (AvgIpc) is 2.49. The van der Waals surface area contributed by atoms with Crippen molar-refractivity contribution in [1.29, 1.82) is 0 Å². The standard InChI is InChI=1S/C14H15NO.C2H6/c1-11(16-2)12-5-7-13(8-6-12)14-4-3-9-15-10-14;1-2/h3-11H,1-2H3;1-2H3/t11-;/m0./s1. The highest BCUT2D eigenvalue weighted by Crippen LogP contribution is 2.22. The van der Waals surface area contributed by atoms with E-state index < -0.39 is 0 Å². The van der Waals surface area contributed by atoms with Gasteiger partial charge in [0.2, 0.25) is 0 Å². The molecule has 2 aromatic rings. The zero-order valence-electron chi connectivity index (χ0n) is 11.6. The zero-order valence-corrected chi connectivity index (χ0v) is 11.6. The van der Waals surface area contributed by atoms with Gasteiger partial charge in [0.05, 0.1) is 6.10 Å². The molecule has 0 N–H and O–H groups in total. The highest BCUT2D eigenvalue weighted by Gasteiger charge is 2.03. The van der Waals surface area contributed by atoms with Crippen molar-refractivity contribution in [1.82, 2.24) is 4.98 Å². The molecule has 1 heterocycles. The van der Waals surface area contributed by atoms with Crippen LogP contribution in [0.1, 0.15) is 32.4 Å². The normalized spacial score (nSPS) is 11.3. The number of aromatic nitrogens is 1. The molecule has 1 atom stereocenters. The van der Waals surface area contributed by atoms with Crippen LogP contribution in [0.2, 0.25) is 0 Å². The Labute approximate surface area is 110 Å². The average molecular weight is 243 g/mol. The van der Waals surface area contributed by atoms with Gasteiger partial charge < -0.3 is 4.74 Å². The number of rotatable bonds is 3. The van der Waals surface area contributed by atoms with Gasteiger partial charge in [0.1, 0.15) is 0 Å². The van der Waals surface area contributed by atoms with Gasteiger partial charge in [-0.25, -0.2) is 0 Å². The van der Waals surface area contributed by atoms with E-state index in [0.717, 1.165) is 5.56 Å². The summed E-state index contributed by atoms with van der Waals surface area (Å²) in [6.07, 6.45) is 3.79. The van der Waals surface area contributed by atoms with Gasteiger partial charge in [0, 0.05) is 19.5 Å². The van der Waals surface area contributed by atoms with E-state index >= 15 is 0 Å². The zero-order chi connectivity index (χ0) is 13.4. The SMILES string of the molecule is CC.CO[C@@H](C)c1ccc(-c2cccnc2)cc1. The van der Waals surface area contributed by atoms with Gasteiger partial charge in [-0.1, -0.05) is 44.2 Å². The molecule has 0 bridgehead atoms. The molecule has 0 saturated heterocycles. The first kappa shape index (κ1) is 14.4. The molecule has 18 heavy (non-hydrogen) atoms. The molecule has 2 rings (SSSR count). The monoisotopic (exact) mass is 243 g/mol. The van der Waals surface area contributed by atoms with Crippen molar-refractivity contribution in [2.45, 2.75) is 26.9 Å². The van der Waals surface area contributed by atoms with Gasteiger partial charge in [-0.15, -0.1) is 0 Å². The predicted molar refractivity (Wildman–Crippen MR) is 76.4 cm³/mol. The molecule has 0 unspecified atom stereocenters. The topological polar surface area (TPSA) is 22.1 Å². The minimum absolute atomic E-state index is 0.142. The van der Waals surface area contributed by atoms with Gasteiger partial charge >= 0.3 is 0 Å². The Morgan fingerprint density at radius 1 is 1.00 bits per heavy atom. The van der Waals surface area contributed by atoms with E-state index in [-0.39, 0.29) is 6.10 Å². The van der Waals surface area contributed by atoms with Crippen molar-refractivity contribution >= 4 is 0 Å². The number of methoxy groups -OCH3 is 1. The Morgan fingerprint density at radius 3 is 2.17 bits per heavy atom. The number of ether oxygens (including phenoxy) is 1. The van der Waals surface area contributed by atoms with Crippen molar-refractivity contribution in [3.63, 3.8) is 0 Å². The summed E-state index contributed by atoms with van der Waals surface area (Å²) in [6.45, 7) is 6.04. The Bertz CT molecular complexity index is 436. The number of hydrogen-bond donors (Lipinski definition) is 0. The Morgan fingerprint density at radius 2 is 1.67 bits per heavy atom. The molecule has 0 spiro atoms. The summed E-state index contributed by atoms with van der Waals surface area (Å²) >= 11 is 0. The first-order valence-corrected chi connectivity index (χ1v) is 6.34. The largest absolute Gasteiger partial charge is 0.377 e. The minimum Gasteiger partial charge on any atom is -0.377 e. The van der Waals surface area contributed by atoms with Crippen molar-refractivity contribution in [3.05, 3.63) is 54.4 Å². The van der Waals surface area contributed by atoms with Crippen LogP contribution in [0.5, 0.6) is 0 Å². The van der Waals surface area contributed by atoms with Crippen LogP contribution >= 0.6 is 0 Å². The molecule has 2 heteroatoms. The van der Waals surface area contributed by atoms with Gasteiger partial charge in [-0.05, 0) is 29.7 Å². The molecule has 1 aromatic carbocycles. The molecule has 1 aromatic heterocycles. The molecule has 2 nitrogen and oxygen atoms in total. The molecule has 0 fully saturated rings. The molecule has 96 valence electrons. The van der Waals surface area contributed by atoms with Gasteiger partial charge in [-0.2, -0.15) is 0 Å². The molecule has 0 radical (unpaired) electrons. The van der Waals surface area contributed by atoms with E-state index in [9.17, 15) is 0 Å². The molecule has 0 aliphatic rings. The van der Waals surface area contributed by atoms with Crippen molar-refractivity contribution in [2.24, 2.45) is 0 Å². The quantitative estimate of drug-likeness (QED) is 0.792. The summed E-state index contributed by atoms with van der Waals surface area (Å²) in [7, 11) is 1.72. The lowest BCUT2D eigenvalue weighted by Gasteiger charge is -2.10. The van der Waals surface area contributed by atoms with Crippen LogP contribution in [0.15, 0.2) is 48.8 Å². The number of nitrogens with zero attached hydrogens (tertiary/aromatic N) is 1. The van der Waals surface area contributed by atoms with E-state index in [1.807, 2.05) is 33.0 Å². The fraction of sp³-hybridized carbons (Fsp3) is 0.312. The summed E-state index contributed by atoms with van der Waals surface area (Å²) in [5.41, 5.74) is 3.51. The summed E-state index contributed by atoms with van der Waals surface area (Å²) in [5.74, 6) is 0. The van der Waals surface area contributed by atoms with Crippen molar-refractivity contribution in [3.8, 4) is 11.1 Å². The van der Waals surface area contributed by atoms with Crippen LogP contribution in [0, 0.1) is 0 Å². The molecular weight excluding hydrogens is 222 g/mol. The van der Waals surface area contributed by atoms with E-state index in [4.69, 9.17) is 4.74 Å². The fourth-order valence-electron chi connectivity index (χ4n) is 1.62. The van der Waals surface area contributed by atoms with Gasteiger partial charge in [-0.3, -0.25) is 4.98 Å². The maximum atomic E-state index is 5.27. The van der Waals surface area contributed by atoms with E-state index in [0.29, 0.717) is 0 Å². The lowest BCUT2D eigenvalue weighted by molar-refractivity contribution is 0.119. The second kappa shape index (κ2) is 7.62. The summed E-state index contributed by atoms with van der Waals surface area (Å²) in [5, 5.41) is 0. The van der Waals surface area contributed by atoms with Crippen LogP contribution in [0.3, 0.4) is 0 Å². The number of pyridine rings is 1. The first-order chi connectivity index (χ1) is 8.81. The highest BCUT2D eigenvalue weighted by atomic mass is 16.5. The van der Waals surface area contributed by atoms with Crippen LogP contribution in [0.4, 0.5) is 0 Å². The predicted octanol–water partition coefficient (Wildman–Crippen LogP) is 4.48. The van der Waals surface area contributed by atoms with Crippen molar-refractivity contribution in [2.75, 3.05) is 7.11 Å². The third-order valence-electron chi connectivity index (χ3n) is 2.73. The highest BCUT2D eigenvalue weighted by molar-refractivity contribution is 5.62. The smallest absolute Gasteiger partial charge is 0.0793 e. The second-order valence-corrected chi connectivity index (χ2v) is 3.74. The van der Waals surface area contributed by atoms with Crippen molar-refractivity contribution < 1.29 is 4.74 Å². The van der Waals surface area contributed by atoms with Crippen LogP contribution in [-0.4, -0.2) is 12.1 Å². The fourth-order valence-corrected chi connectivity index (χ4v) is 1.62.